The van der Waals surface area contributed by atoms with Gasteiger partial charge in [0.15, 0.2) is 5.82 Å². The normalized spacial score (nSPS) is 25.9. The van der Waals surface area contributed by atoms with Gasteiger partial charge in [0.1, 0.15) is 6.23 Å². The molecule has 1 atom stereocenters. The van der Waals surface area contributed by atoms with Crippen molar-refractivity contribution in [3.8, 4) is 0 Å². The third-order valence-corrected chi connectivity index (χ3v) is 5.78. The minimum absolute atomic E-state index is 0.000447. The maximum absolute atomic E-state index is 12.6. The molecular formula is C16H23F3N6O2. The first-order valence-corrected chi connectivity index (χ1v) is 9.22. The zero-order valence-corrected chi connectivity index (χ0v) is 14.8. The molecule has 3 aliphatic heterocycles. The molecule has 11 heteroatoms. The maximum atomic E-state index is 12.6. The van der Waals surface area contributed by atoms with E-state index in [0.717, 1.165) is 19.3 Å². The Kier molecular flexibility index (Phi) is 4.53. The van der Waals surface area contributed by atoms with E-state index in [-0.39, 0.29) is 23.3 Å². The first-order chi connectivity index (χ1) is 12.7. The average Bonchev–Trinajstić information content (AvgIpc) is 3.20. The Labute approximate surface area is 154 Å². The second kappa shape index (κ2) is 6.62. The van der Waals surface area contributed by atoms with Gasteiger partial charge in [-0.25, -0.2) is 9.78 Å². The van der Waals surface area contributed by atoms with Gasteiger partial charge in [-0.1, -0.05) is 0 Å². The highest BCUT2D eigenvalue weighted by atomic mass is 19.4. The number of aromatic amines is 1. The molecule has 0 bridgehead atoms. The Morgan fingerprint density at radius 3 is 2.48 bits per heavy atom. The summed E-state index contributed by atoms with van der Waals surface area (Å²) >= 11 is 0. The van der Waals surface area contributed by atoms with Gasteiger partial charge in [-0.2, -0.15) is 18.3 Å². The summed E-state index contributed by atoms with van der Waals surface area (Å²) in [5.74, 6) is -0.731. The summed E-state index contributed by atoms with van der Waals surface area (Å²) in [6.07, 6.45) is -1.59. The number of aliphatic hydroxyl groups excluding tert-OH is 1. The van der Waals surface area contributed by atoms with Crippen molar-refractivity contribution in [1.82, 2.24) is 30.3 Å². The number of likely N-dealkylation sites (tertiary alicyclic amines) is 2. The lowest BCUT2D eigenvalue weighted by atomic mass is 9.88. The van der Waals surface area contributed by atoms with Gasteiger partial charge in [-0.3, -0.25) is 10.4 Å². The first kappa shape index (κ1) is 18.5. The lowest BCUT2D eigenvalue weighted by Crippen LogP contribution is -2.70. The molecule has 3 saturated heterocycles. The Morgan fingerprint density at radius 1 is 1.22 bits per heavy atom. The number of aromatic nitrogens is 3. The Balaban J connectivity index is 1.23. The predicted molar refractivity (Wildman–Crippen MR) is 87.5 cm³/mol. The van der Waals surface area contributed by atoms with Gasteiger partial charge in [0.2, 0.25) is 5.82 Å². The van der Waals surface area contributed by atoms with Crippen LogP contribution in [-0.2, 0) is 12.6 Å². The number of hydrogen-bond donors (Lipinski definition) is 3. The van der Waals surface area contributed by atoms with Crippen LogP contribution in [0.2, 0.25) is 0 Å². The fraction of sp³-hybridized carbons (Fsp3) is 0.812. The first-order valence-electron chi connectivity index (χ1n) is 9.22. The highest BCUT2D eigenvalue weighted by molar-refractivity contribution is 5.76. The SMILES string of the molecule is O=C(N1CCC(Cc2n[nH]c(C(F)(F)F)n2)CC1)N1CC2(CCC(O)N2)C1. The second-order valence-electron chi connectivity index (χ2n) is 7.85. The quantitative estimate of drug-likeness (QED) is 0.701. The summed E-state index contributed by atoms with van der Waals surface area (Å²) in [7, 11) is 0. The van der Waals surface area contributed by atoms with Crippen molar-refractivity contribution in [2.75, 3.05) is 26.2 Å². The zero-order chi connectivity index (χ0) is 19.2. The molecule has 1 unspecified atom stereocenters. The molecule has 8 nitrogen and oxygen atoms in total. The van der Waals surface area contributed by atoms with E-state index in [9.17, 15) is 23.1 Å². The zero-order valence-electron chi connectivity index (χ0n) is 14.8. The van der Waals surface area contributed by atoms with Gasteiger partial charge in [-0.05, 0) is 31.6 Å². The highest BCUT2D eigenvalue weighted by Crippen LogP contribution is 2.33. The smallest absolute Gasteiger partial charge is 0.379 e. The lowest BCUT2D eigenvalue weighted by molar-refractivity contribution is -0.144. The van der Waals surface area contributed by atoms with Crippen LogP contribution < -0.4 is 5.32 Å². The van der Waals surface area contributed by atoms with E-state index in [1.807, 2.05) is 5.10 Å². The lowest BCUT2D eigenvalue weighted by Gasteiger charge is -2.50. The number of halogens is 3. The topological polar surface area (TPSA) is 97.4 Å². The molecule has 3 aliphatic rings. The minimum atomic E-state index is -4.51. The average molecular weight is 388 g/mol. The summed E-state index contributed by atoms with van der Waals surface area (Å²) in [5.41, 5.74) is -0.130. The van der Waals surface area contributed by atoms with Gasteiger partial charge in [0.25, 0.3) is 0 Å². The van der Waals surface area contributed by atoms with Gasteiger partial charge < -0.3 is 14.9 Å². The van der Waals surface area contributed by atoms with Gasteiger partial charge in [0.05, 0.1) is 5.54 Å². The van der Waals surface area contributed by atoms with Crippen LogP contribution in [0.25, 0.3) is 0 Å². The molecule has 1 spiro atoms. The van der Waals surface area contributed by atoms with Gasteiger partial charge in [0, 0.05) is 32.6 Å². The molecule has 2 amide bonds. The number of hydrogen-bond acceptors (Lipinski definition) is 5. The molecule has 3 N–H and O–H groups in total. The molecule has 150 valence electrons. The molecule has 0 radical (unpaired) electrons. The van der Waals surface area contributed by atoms with Crippen LogP contribution >= 0.6 is 0 Å². The molecule has 27 heavy (non-hydrogen) atoms. The van der Waals surface area contributed by atoms with E-state index in [2.05, 4.69) is 15.4 Å². The number of H-pyrrole nitrogens is 1. The van der Waals surface area contributed by atoms with Crippen molar-refractivity contribution >= 4 is 6.03 Å². The van der Waals surface area contributed by atoms with Crippen molar-refractivity contribution in [2.24, 2.45) is 5.92 Å². The molecular weight excluding hydrogens is 365 g/mol. The van der Waals surface area contributed by atoms with Crippen molar-refractivity contribution in [1.29, 1.82) is 0 Å². The van der Waals surface area contributed by atoms with E-state index in [1.54, 1.807) is 9.80 Å². The molecule has 4 heterocycles. The number of aliphatic hydroxyl groups is 1. The van der Waals surface area contributed by atoms with Crippen LogP contribution in [0.1, 0.15) is 37.3 Å². The van der Waals surface area contributed by atoms with Crippen molar-refractivity contribution in [3.05, 3.63) is 11.6 Å². The number of urea groups is 1. The Morgan fingerprint density at radius 2 is 1.93 bits per heavy atom. The number of nitrogens with one attached hydrogen (secondary N) is 2. The summed E-state index contributed by atoms with van der Waals surface area (Å²) < 4.78 is 37.7. The largest absolute Gasteiger partial charge is 0.451 e. The van der Waals surface area contributed by atoms with Crippen LogP contribution in [0.15, 0.2) is 0 Å². The van der Waals surface area contributed by atoms with E-state index in [0.29, 0.717) is 39.0 Å². The summed E-state index contributed by atoms with van der Waals surface area (Å²) in [6, 6.07) is -0.000447. The van der Waals surface area contributed by atoms with Crippen LogP contribution in [0.4, 0.5) is 18.0 Å². The van der Waals surface area contributed by atoms with E-state index in [1.165, 1.54) is 0 Å². The molecule has 3 fully saturated rings. The molecule has 0 aliphatic carbocycles. The number of carbonyl (C=O) groups is 1. The number of alkyl halides is 3. The number of carbonyl (C=O) groups excluding carboxylic acids is 1. The van der Waals surface area contributed by atoms with Crippen LogP contribution in [0.3, 0.4) is 0 Å². The molecule has 1 aromatic rings. The van der Waals surface area contributed by atoms with E-state index in [4.69, 9.17) is 0 Å². The van der Waals surface area contributed by atoms with E-state index >= 15 is 0 Å². The minimum Gasteiger partial charge on any atom is -0.379 e. The third-order valence-electron chi connectivity index (χ3n) is 5.78. The molecule has 0 aromatic carbocycles. The number of piperidine rings is 1. The molecule has 1 aromatic heterocycles. The van der Waals surface area contributed by atoms with E-state index < -0.39 is 18.2 Å². The third kappa shape index (κ3) is 3.75. The fourth-order valence-corrected chi connectivity index (χ4v) is 4.28. The van der Waals surface area contributed by atoms with Crippen molar-refractivity contribution < 1.29 is 23.1 Å². The summed E-state index contributed by atoms with van der Waals surface area (Å²) in [6.45, 7) is 2.39. The monoisotopic (exact) mass is 388 g/mol. The van der Waals surface area contributed by atoms with Crippen molar-refractivity contribution in [2.45, 2.75) is 50.0 Å². The fourth-order valence-electron chi connectivity index (χ4n) is 4.28. The van der Waals surface area contributed by atoms with Gasteiger partial charge in [-0.15, -0.1) is 0 Å². The Hall–Kier alpha value is -1.88. The summed E-state index contributed by atoms with van der Waals surface area (Å²) in [4.78, 5) is 19.7. The Bertz CT molecular complexity index is 695. The van der Waals surface area contributed by atoms with Crippen molar-refractivity contribution in [3.63, 3.8) is 0 Å². The highest BCUT2D eigenvalue weighted by Gasteiger charge is 2.50. The number of amides is 2. The molecule has 0 saturated carbocycles. The number of nitrogens with zero attached hydrogens (tertiary/aromatic N) is 4. The van der Waals surface area contributed by atoms with Crippen LogP contribution in [-0.4, -0.2) is 74.1 Å². The van der Waals surface area contributed by atoms with Crippen LogP contribution in [0.5, 0.6) is 0 Å². The van der Waals surface area contributed by atoms with Crippen LogP contribution in [0, 0.1) is 5.92 Å². The number of rotatable bonds is 2. The van der Waals surface area contributed by atoms with Gasteiger partial charge >= 0.3 is 12.2 Å². The second-order valence-corrected chi connectivity index (χ2v) is 7.85. The summed E-state index contributed by atoms with van der Waals surface area (Å²) in [5, 5.41) is 18.3. The predicted octanol–water partition coefficient (Wildman–Crippen LogP) is 0.954. The maximum Gasteiger partial charge on any atom is 0.451 e. The standard InChI is InChI=1S/C16H23F3N6O2/c17-16(18,19)13-20-11(22-23-13)7-10-2-5-24(6-3-10)14(27)25-8-15(9-25)4-1-12(26)21-15/h10,12,21,26H,1-9H2,(H,20,22,23). The molecule has 4 rings (SSSR count).